The summed E-state index contributed by atoms with van der Waals surface area (Å²) in [6, 6.07) is 64.5. The number of pyridine rings is 8. The molecule has 0 amide bonds. The van der Waals surface area contributed by atoms with Crippen molar-refractivity contribution in [3.05, 3.63) is 303 Å². The van der Waals surface area contributed by atoms with E-state index in [1.54, 1.807) is 41.5 Å². The van der Waals surface area contributed by atoms with E-state index in [0.717, 1.165) is 138 Å². The zero-order valence-electron chi connectivity index (χ0n) is 58.8. The predicted octanol–water partition coefficient (Wildman–Crippen LogP) is 1.92. The molecule has 0 fully saturated rings. The Morgan fingerprint density at radius 1 is 0.396 bits per heavy atom. The zero-order chi connectivity index (χ0) is 75.4. The number of hydrogen-bond acceptors (Lipinski definition) is 17. The fourth-order valence-corrected chi connectivity index (χ4v) is 17.0. The lowest BCUT2D eigenvalue weighted by Crippen LogP contribution is -2.56. The van der Waals surface area contributed by atoms with Gasteiger partial charge in [0.15, 0.2) is 31.3 Å². The first-order chi connectivity index (χ1) is 54.4. The van der Waals surface area contributed by atoms with Crippen molar-refractivity contribution < 1.29 is 116 Å². The zero-order valence-corrected chi connectivity index (χ0v) is 58.8. The predicted molar refractivity (Wildman–Crippen MR) is 402 cm³/mol. The summed E-state index contributed by atoms with van der Waals surface area (Å²) in [5, 5.41) is 104. The van der Waals surface area contributed by atoms with E-state index in [1.807, 2.05) is 166 Å². The van der Waals surface area contributed by atoms with E-state index in [9.17, 15) is 15.1 Å². The summed E-state index contributed by atoms with van der Waals surface area (Å²) in [4.78, 5) is 16.8. The minimum absolute atomic E-state index is 0.130. The molecule has 17 heterocycles. The van der Waals surface area contributed by atoms with Crippen molar-refractivity contribution in [1.82, 2.24) is 13.6 Å². The standard InChI is InChI=1S/C21H15BN3O3.C17H12BN2O3.C15H11BN3O3.C15H15BN3O3.C9H10BN3O3/c26-22(28-27)25-11-5-10-17-16-9-4-8-15-12-23-18(14-6-2-1-3-7-14)13-24(20(17)25)21(23)19(15)16;21-18(23-22)20-9-3-7-12-13-6-2-8-19-10-11-4-1-5-14(16(12)20)15(11)17(13)19;20-16(22-21)19-6-2-5-12-11-4-1-3-10-9-17-7-8-18(14(12)19)15(17)13(10)11;20-16(21)22-19-8-4-5-12-11-14-17(9-10-18(14)15(12)19)13-6-2-1-3-7-13;14-10(15)16-13-6-1-3-8-7-11-4-2-5-12(11)9(8)13/h1-11,13,26H,12H2;1-9,21H,10H2;1-8,20H,9H2;1-10,14,20-21H,11H2;1-6,14-15H,7H2/q4*+1;+2/p+3. The Balaban J connectivity index is 0.0000000946. The topological polar surface area (TPSA) is 304 Å². The van der Waals surface area contributed by atoms with Crippen LogP contribution in [0.25, 0.3) is 105 Å². The third kappa shape index (κ3) is 11.3. The molecule has 0 bridgehead atoms. The van der Waals surface area contributed by atoms with Gasteiger partial charge in [0.25, 0.3) is 11.3 Å². The van der Waals surface area contributed by atoms with Crippen LogP contribution in [0.2, 0.25) is 0 Å². The Morgan fingerprint density at radius 2 is 0.955 bits per heavy atom. The molecule has 111 heavy (non-hydrogen) atoms. The first-order valence-electron chi connectivity index (χ1n) is 35.7. The van der Waals surface area contributed by atoms with Gasteiger partial charge in [-0.2, -0.15) is 23.1 Å². The minimum Gasteiger partial charge on any atom is -0.388 e. The van der Waals surface area contributed by atoms with Crippen molar-refractivity contribution in [2.75, 3.05) is 9.80 Å². The number of aromatic nitrogens is 12. The fraction of sp³-hybridized carbons (Fsp3) is 0.0779. The minimum atomic E-state index is -1.85. The molecule has 0 radical (unpaired) electrons. The molecule has 23 rings (SSSR count). The van der Waals surface area contributed by atoms with E-state index >= 15 is 0 Å². The third-order valence-corrected chi connectivity index (χ3v) is 21.3. The van der Waals surface area contributed by atoms with Crippen LogP contribution >= 0.6 is 0 Å². The van der Waals surface area contributed by atoms with Gasteiger partial charge >= 0.3 is 59.3 Å². The summed E-state index contributed by atoms with van der Waals surface area (Å²) < 4.78 is 32.0. The second-order valence-electron chi connectivity index (χ2n) is 27.3. The lowest BCUT2D eigenvalue weighted by atomic mass is 9.96. The van der Waals surface area contributed by atoms with Crippen molar-refractivity contribution in [2.45, 2.75) is 38.8 Å². The largest absolute Gasteiger partial charge is 0.880 e. The van der Waals surface area contributed by atoms with E-state index in [2.05, 4.69) is 128 Å². The Hall–Kier alpha value is -12.6. The second kappa shape index (κ2) is 27.8. The highest BCUT2D eigenvalue weighted by atomic mass is 17.1. The smallest absolute Gasteiger partial charge is 0.388 e. The first-order valence-corrected chi connectivity index (χ1v) is 35.7. The number of rotatable bonds is 12. The molecule has 6 aliphatic rings. The van der Waals surface area contributed by atoms with Gasteiger partial charge in [0.2, 0.25) is 30.0 Å². The second-order valence-corrected chi connectivity index (χ2v) is 27.3. The van der Waals surface area contributed by atoms with Crippen molar-refractivity contribution in [3.63, 3.8) is 0 Å². The SMILES string of the molecule is OB(O)O[n+]1cccc2c1-n1ccc[n+]1C2.OB(O)O[n+]1cccc2c1N1C=CN(c3ccccc3)C1C2.OOB(O)[n+]1cccc2c3ccc[n+]4c3c3c(cccc3c21)C4.OOB(O)[n+]1cccc2c3cccc4c3c3n(c(-c5ccccc5)c[n+]3c21)C4.OOB(O)[n+]1cccc2c3cccc4c3c3n(cc[n+]3C4)c21. The molecule has 1 unspecified atom stereocenters. The molecular formula is C77H66B5N14O15+9. The van der Waals surface area contributed by atoms with Gasteiger partial charge in [-0.25, -0.2) is 23.2 Å². The van der Waals surface area contributed by atoms with E-state index < -0.39 is 36.4 Å². The van der Waals surface area contributed by atoms with Gasteiger partial charge < -0.3 is 49.6 Å². The number of hydrogen-bond donors (Lipinski definition) is 10. The number of nitrogens with zero attached hydrogens (tertiary/aromatic N) is 14. The summed E-state index contributed by atoms with van der Waals surface area (Å²) >= 11 is 0. The average molecular weight is 1480 g/mol. The summed E-state index contributed by atoms with van der Waals surface area (Å²) in [6.45, 7) is 3.23. The monoisotopic (exact) mass is 1480 g/mol. The Kier molecular flexibility index (Phi) is 17.2. The van der Waals surface area contributed by atoms with Crippen LogP contribution in [0.4, 0.5) is 11.5 Å². The molecule has 6 aromatic carbocycles. The normalized spacial score (nSPS) is 13.8. The average Bonchev–Trinajstić information content (AvgIpc) is 1.56. The number of imidazole rings is 2. The number of benzene rings is 6. The molecule has 0 saturated carbocycles. The van der Waals surface area contributed by atoms with Crippen molar-refractivity contribution in [3.8, 4) is 17.1 Å². The first kappa shape index (κ1) is 68.9. The summed E-state index contributed by atoms with van der Waals surface area (Å²) in [6.07, 6.45) is 25.3. The van der Waals surface area contributed by atoms with Gasteiger partial charge in [-0.1, -0.05) is 111 Å². The Bertz CT molecular complexity index is 6650. The Morgan fingerprint density at radius 3 is 1.68 bits per heavy atom. The number of fused-ring (bicyclic) bond motifs is 15. The van der Waals surface area contributed by atoms with Crippen LogP contribution in [-0.4, -0.2) is 107 Å². The molecule has 0 saturated heterocycles. The van der Waals surface area contributed by atoms with Crippen LogP contribution in [0.15, 0.2) is 275 Å². The van der Waals surface area contributed by atoms with Gasteiger partial charge in [-0.3, -0.25) is 20.3 Å². The molecule has 1 atom stereocenters. The summed E-state index contributed by atoms with van der Waals surface area (Å²) in [5.41, 5.74) is 15.1. The Labute approximate surface area is 630 Å². The van der Waals surface area contributed by atoms with Gasteiger partial charge in [0, 0.05) is 68.7 Å². The lowest BCUT2D eigenvalue weighted by Gasteiger charge is -2.22. The molecule has 0 aliphatic carbocycles. The van der Waals surface area contributed by atoms with Crippen LogP contribution in [-0.2, 0) is 47.0 Å². The van der Waals surface area contributed by atoms with E-state index in [4.69, 9.17) is 45.4 Å². The van der Waals surface area contributed by atoms with Crippen molar-refractivity contribution in [2.24, 2.45) is 0 Å². The maximum Gasteiger partial charge on any atom is 0.880 e. The summed E-state index contributed by atoms with van der Waals surface area (Å²) in [5.74, 6) is 1.59. The maximum absolute atomic E-state index is 10.2. The fourth-order valence-electron chi connectivity index (χ4n) is 17.0. The van der Waals surface area contributed by atoms with Gasteiger partial charge in [0.1, 0.15) is 60.4 Å². The van der Waals surface area contributed by atoms with E-state index in [-0.39, 0.29) is 6.17 Å². The van der Waals surface area contributed by atoms with E-state index in [0.29, 0.717) is 0 Å². The van der Waals surface area contributed by atoms with Crippen LogP contribution in [0.5, 0.6) is 0 Å². The molecule has 6 aliphatic heterocycles. The lowest BCUT2D eigenvalue weighted by molar-refractivity contribution is -0.868. The summed E-state index contributed by atoms with van der Waals surface area (Å²) in [7, 11) is -8.08. The maximum atomic E-state index is 10.2. The molecule has 17 aromatic rings. The quantitative estimate of drug-likeness (QED) is 0.0275. The molecule has 34 heteroatoms. The highest BCUT2D eigenvalue weighted by molar-refractivity contribution is 6.34. The van der Waals surface area contributed by atoms with Gasteiger partial charge in [0.05, 0.1) is 62.1 Å². The number of para-hydroxylation sites is 1. The van der Waals surface area contributed by atoms with Crippen molar-refractivity contribution >= 4 is 135 Å². The van der Waals surface area contributed by atoms with Gasteiger partial charge in [-0.15, -0.1) is 0 Å². The molecule has 540 valence electrons. The number of anilines is 2. The highest BCUT2D eigenvalue weighted by Crippen LogP contribution is 2.40. The highest BCUT2D eigenvalue weighted by Gasteiger charge is 2.47. The van der Waals surface area contributed by atoms with E-state index in [1.165, 1.54) is 56.8 Å². The molecule has 0 spiro atoms. The molecular weight excluding hydrogens is 1410 g/mol. The molecule has 10 N–H and O–H groups in total. The molecule has 11 aromatic heterocycles. The van der Waals surface area contributed by atoms with Gasteiger partial charge in [-0.05, 0) is 83.0 Å². The van der Waals surface area contributed by atoms with Crippen LogP contribution < -0.4 is 60.4 Å². The molecule has 29 nitrogen and oxygen atoms in total. The van der Waals surface area contributed by atoms with Crippen molar-refractivity contribution in [1.29, 1.82) is 0 Å². The third-order valence-electron chi connectivity index (χ3n) is 21.3. The van der Waals surface area contributed by atoms with Crippen LogP contribution in [0.1, 0.15) is 27.8 Å². The van der Waals surface area contributed by atoms with Crippen LogP contribution in [0.3, 0.4) is 0 Å². The van der Waals surface area contributed by atoms with Crippen LogP contribution in [0, 0.1) is 0 Å².